The lowest BCUT2D eigenvalue weighted by atomic mass is 10.3. The largest absolute Gasteiger partial charge is 0.499 e. The highest BCUT2D eigenvalue weighted by atomic mass is 19.4. The number of rotatable bonds is 4. The predicted octanol–water partition coefficient (Wildman–Crippen LogP) is 2.70. The Morgan fingerprint density at radius 2 is 1.59 bits per heavy atom. The van der Waals surface area contributed by atoms with Crippen LogP contribution in [0.3, 0.4) is 0 Å². The number of benzene rings is 1. The van der Waals surface area contributed by atoms with Crippen LogP contribution in [0.5, 0.6) is 5.75 Å². The van der Waals surface area contributed by atoms with Gasteiger partial charge in [-0.25, -0.2) is 0 Å². The first kappa shape index (κ1) is 13.2. The van der Waals surface area contributed by atoms with E-state index in [1.807, 2.05) is 0 Å². The summed E-state index contributed by atoms with van der Waals surface area (Å²) in [4.78, 5) is 9.88. The van der Waals surface area contributed by atoms with Crippen LogP contribution in [0.1, 0.15) is 0 Å². The highest BCUT2D eigenvalue weighted by Gasteiger charge is 2.61. The van der Waals surface area contributed by atoms with Crippen LogP contribution in [0.15, 0.2) is 24.3 Å². The summed E-state index contributed by atoms with van der Waals surface area (Å²) < 4.78 is 63.7. The fourth-order valence-electron chi connectivity index (χ4n) is 0.871. The van der Waals surface area contributed by atoms with Crippen LogP contribution in [0.4, 0.5) is 27.6 Å². The molecule has 0 spiro atoms. The zero-order valence-corrected chi connectivity index (χ0v) is 8.02. The van der Waals surface area contributed by atoms with Gasteiger partial charge in [0, 0.05) is 5.69 Å². The molecule has 1 aromatic rings. The minimum Gasteiger partial charge on any atom is -0.426 e. The molecule has 0 aliphatic heterocycles. The van der Waals surface area contributed by atoms with E-state index >= 15 is 0 Å². The Labute approximate surface area is 92.2 Å². The maximum absolute atomic E-state index is 12.4. The van der Waals surface area contributed by atoms with E-state index in [0.29, 0.717) is 0 Å². The van der Waals surface area contributed by atoms with E-state index in [2.05, 4.69) is 10.1 Å². The summed E-state index contributed by atoms with van der Waals surface area (Å²) in [6.45, 7) is 0. The number of alkyl halides is 5. The van der Waals surface area contributed by atoms with Crippen molar-refractivity contribution in [2.24, 2.45) is 0 Å². The van der Waals surface area contributed by atoms with Gasteiger partial charge in [-0.2, -0.15) is 22.0 Å². The molecule has 0 aliphatic rings. The van der Waals surface area contributed by atoms with Gasteiger partial charge in [-0.1, -0.05) is 0 Å². The molecule has 1 aromatic carbocycles. The lowest BCUT2D eigenvalue weighted by Crippen LogP contribution is -2.41. The van der Waals surface area contributed by atoms with Gasteiger partial charge in [0.05, 0.1) is 0 Å². The van der Waals surface area contributed by atoms with Crippen LogP contribution in [0.25, 0.3) is 0 Å². The van der Waals surface area contributed by atoms with E-state index in [-0.39, 0.29) is 5.69 Å². The number of carbonyl (C=O) groups excluding carboxylic acids is 1. The van der Waals surface area contributed by atoms with Gasteiger partial charge < -0.3 is 10.1 Å². The quantitative estimate of drug-likeness (QED) is 0.662. The second-order valence-electron chi connectivity index (χ2n) is 2.87. The summed E-state index contributed by atoms with van der Waals surface area (Å²) in [6, 6.07) is 3.90. The molecule has 0 aliphatic carbocycles. The standard InChI is InChI=1S/C9H5F5NO2/c10-8(11,12)9(13,14)17-7-3-1-6(2-4-7)15-5-16/h1-4H,(H,15,16). The summed E-state index contributed by atoms with van der Waals surface area (Å²) >= 11 is 0. The van der Waals surface area contributed by atoms with Crippen molar-refractivity contribution in [3.8, 4) is 5.75 Å². The number of anilines is 1. The van der Waals surface area contributed by atoms with Crippen molar-refractivity contribution in [2.75, 3.05) is 5.32 Å². The third-order valence-corrected chi connectivity index (χ3v) is 1.63. The van der Waals surface area contributed by atoms with Gasteiger partial charge >= 0.3 is 18.7 Å². The van der Waals surface area contributed by atoms with E-state index in [4.69, 9.17) is 0 Å². The van der Waals surface area contributed by atoms with Gasteiger partial charge in [0.1, 0.15) is 5.75 Å². The van der Waals surface area contributed by atoms with E-state index < -0.39 is 18.0 Å². The molecule has 0 fully saturated rings. The first-order valence-electron chi connectivity index (χ1n) is 4.13. The zero-order chi connectivity index (χ0) is 13.1. The van der Waals surface area contributed by atoms with E-state index in [9.17, 15) is 26.7 Å². The summed E-state index contributed by atoms with van der Waals surface area (Å²) in [7, 11) is 0. The van der Waals surface area contributed by atoms with Crippen LogP contribution in [-0.2, 0) is 4.79 Å². The van der Waals surface area contributed by atoms with Crippen molar-refractivity contribution in [1.82, 2.24) is 0 Å². The molecule has 0 unspecified atom stereocenters. The first-order chi connectivity index (χ1) is 7.76. The molecule has 1 rings (SSSR count). The average molecular weight is 254 g/mol. The molecule has 1 N–H and O–H groups in total. The summed E-state index contributed by atoms with van der Waals surface area (Å²) in [5, 5.41) is 2.06. The maximum atomic E-state index is 12.4. The number of hydrogen-bond acceptors (Lipinski definition) is 2. The Morgan fingerprint density at radius 3 is 2.00 bits per heavy atom. The molecule has 0 atom stereocenters. The number of halogens is 5. The minimum absolute atomic E-state index is 0.183. The Hall–Kier alpha value is -1.86. The first-order valence-corrected chi connectivity index (χ1v) is 4.13. The Kier molecular flexibility index (Phi) is 3.54. The number of nitrogens with one attached hydrogen (secondary N) is 1. The maximum Gasteiger partial charge on any atom is 0.499 e. The molecule has 8 heteroatoms. The molecule has 0 saturated carbocycles. The Balaban J connectivity index is 2.79. The number of ether oxygens (including phenoxy) is 1. The monoisotopic (exact) mass is 254 g/mol. The second-order valence-corrected chi connectivity index (χ2v) is 2.87. The molecule has 0 aromatic heterocycles. The van der Waals surface area contributed by atoms with E-state index in [0.717, 1.165) is 24.3 Å². The van der Waals surface area contributed by atoms with Crippen LogP contribution < -0.4 is 10.1 Å². The van der Waals surface area contributed by atoms with Crippen LogP contribution in [0, 0.1) is 0 Å². The van der Waals surface area contributed by atoms with Crippen molar-refractivity contribution in [1.29, 1.82) is 0 Å². The van der Waals surface area contributed by atoms with Gasteiger partial charge in [-0.3, -0.25) is 4.79 Å². The van der Waals surface area contributed by atoms with E-state index in [1.165, 1.54) is 6.41 Å². The highest BCUT2D eigenvalue weighted by molar-refractivity contribution is 5.71. The fraction of sp³-hybridized carbons (Fsp3) is 0.222. The van der Waals surface area contributed by atoms with Gasteiger partial charge in [-0.05, 0) is 24.3 Å². The highest BCUT2D eigenvalue weighted by Crippen LogP contribution is 2.37. The summed E-state index contributed by atoms with van der Waals surface area (Å²) in [5.41, 5.74) is 0.183. The van der Waals surface area contributed by atoms with Gasteiger partial charge in [0.2, 0.25) is 0 Å². The molecular weight excluding hydrogens is 249 g/mol. The van der Waals surface area contributed by atoms with Crippen molar-refractivity contribution >= 4 is 12.1 Å². The average Bonchev–Trinajstić information content (AvgIpc) is 2.19. The zero-order valence-electron chi connectivity index (χ0n) is 8.02. The Morgan fingerprint density at radius 1 is 1.06 bits per heavy atom. The van der Waals surface area contributed by atoms with Crippen molar-refractivity contribution in [3.63, 3.8) is 0 Å². The van der Waals surface area contributed by atoms with Gasteiger partial charge in [-0.15, -0.1) is 0 Å². The Bertz CT molecular complexity index is 387. The number of hydrogen-bond donors (Lipinski definition) is 1. The minimum atomic E-state index is -5.79. The van der Waals surface area contributed by atoms with Crippen molar-refractivity contribution in [3.05, 3.63) is 24.3 Å². The summed E-state index contributed by atoms with van der Waals surface area (Å²) in [6.07, 6.45) is -9.75. The molecule has 1 radical (unpaired) electrons. The summed E-state index contributed by atoms with van der Waals surface area (Å²) in [5.74, 6) is -0.677. The molecule has 1 amide bonds. The molecule has 0 saturated heterocycles. The van der Waals surface area contributed by atoms with Gasteiger partial charge in [0.15, 0.2) is 0 Å². The second kappa shape index (κ2) is 4.56. The lowest BCUT2D eigenvalue weighted by molar-refractivity contribution is -0.360. The molecule has 17 heavy (non-hydrogen) atoms. The van der Waals surface area contributed by atoms with Crippen LogP contribution in [-0.4, -0.2) is 18.7 Å². The number of amides is 1. The van der Waals surface area contributed by atoms with Crippen molar-refractivity contribution < 1.29 is 31.5 Å². The molecule has 0 bridgehead atoms. The molecule has 3 nitrogen and oxygen atoms in total. The van der Waals surface area contributed by atoms with Crippen LogP contribution >= 0.6 is 0 Å². The van der Waals surface area contributed by atoms with E-state index in [1.54, 1.807) is 0 Å². The van der Waals surface area contributed by atoms with Crippen LogP contribution in [0.2, 0.25) is 0 Å². The topological polar surface area (TPSA) is 38.3 Å². The lowest BCUT2D eigenvalue weighted by Gasteiger charge is -2.20. The molecule has 93 valence electrons. The predicted molar refractivity (Wildman–Crippen MR) is 47.4 cm³/mol. The third-order valence-electron chi connectivity index (χ3n) is 1.63. The molecule has 0 heterocycles. The fourth-order valence-corrected chi connectivity index (χ4v) is 0.871. The SMILES string of the molecule is O=[C]Nc1ccc(OC(F)(F)C(F)(F)F)cc1. The van der Waals surface area contributed by atoms with Gasteiger partial charge in [0.25, 0.3) is 0 Å². The molecular formula is C9H5F5NO2. The van der Waals surface area contributed by atoms with Crippen molar-refractivity contribution in [2.45, 2.75) is 12.3 Å². The third kappa shape index (κ3) is 3.30. The smallest absolute Gasteiger partial charge is 0.426 e. The normalized spacial score (nSPS) is 12.1.